The third-order valence-corrected chi connectivity index (χ3v) is 4.17. The van der Waals surface area contributed by atoms with Crippen LogP contribution in [0.15, 0.2) is 36.5 Å². The van der Waals surface area contributed by atoms with Crippen molar-refractivity contribution in [3.63, 3.8) is 0 Å². The maximum atomic E-state index is 13.0. The largest absolute Gasteiger partial charge is 0.453 e. The quantitative estimate of drug-likeness (QED) is 0.414. The van der Waals surface area contributed by atoms with Crippen molar-refractivity contribution in [2.75, 3.05) is 23.1 Å². The van der Waals surface area contributed by atoms with Crippen molar-refractivity contribution < 1.29 is 35.9 Å². The number of carbonyl (C=O) groups excluding carboxylic acids is 1. The minimum atomic E-state index is -4.73. The molecule has 0 spiro atoms. The topological polar surface area (TPSA) is 127 Å². The van der Waals surface area contributed by atoms with Crippen LogP contribution in [0.5, 0.6) is 0 Å². The molecule has 0 aliphatic rings. The summed E-state index contributed by atoms with van der Waals surface area (Å²) in [6.45, 7) is 0.828. The number of ether oxygens (including phenoxy) is 1. The number of halogens is 6. The van der Waals surface area contributed by atoms with E-state index in [-0.39, 0.29) is 29.0 Å². The van der Waals surface area contributed by atoms with Crippen molar-refractivity contribution in [3.05, 3.63) is 42.2 Å². The molecule has 0 fully saturated rings. The molecule has 0 saturated carbocycles. The normalized spacial score (nSPS) is 12.6. The van der Waals surface area contributed by atoms with Crippen molar-refractivity contribution in [2.45, 2.75) is 25.3 Å². The average Bonchev–Trinajstić information content (AvgIpc) is 2.78. The Labute approximate surface area is 193 Å². The van der Waals surface area contributed by atoms with Gasteiger partial charge in [-0.25, -0.2) is 9.78 Å². The first-order valence-electron chi connectivity index (χ1n) is 9.57. The lowest BCUT2D eigenvalue weighted by molar-refractivity contribution is -0.141. The summed E-state index contributed by atoms with van der Waals surface area (Å²) in [6, 6.07) is 4.04. The van der Waals surface area contributed by atoms with Crippen LogP contribution in [-0.4, -0.2) is 50.3 Å². The molecule has 3 rings (SSSR count). The molecule has 0 aromatic carbocycles. The van der Waals surface area contributed by atoms with Gasteiger partial charge in [-0.15, -0.1) is 0 Å². The molecule has 0 radical (unpaired) electrons. The number of aromatic nitrogens is 5. The molecular weight excluding hydrogens is 486 g/mol. The first-order chi connectivity index (χ1) is 16.3. The summed E-state index contributed by atoms with van der Waals surface area (Å²) in [5.74, 6) is -1.12. The number of alkyl halides is 6. The van der Waals surface area contributed by atoms with E-state index in [1.165, 1.54) is 24.3 Å². The van der Waals surface area contributed by atoms with Crippen LogP contribution in [0.1, 0.15) is 12.6 Å². The second kappa shape index (κ2) is 9.94. The van der Waals surface area contributed by atoms with Gasteiger partial charge in [0.05, 0.1) is 7.11 Å². The van der Waals surface area contributed by atoms with Crippen molar-refractivity contribution in [3.8, 4) is 11.5 Å². The SMILES string of the molecule is COC(=O)Nc1cccc(-c2nc(Nc3ccnc(C(F)(F)F)c3)nc(NC(C)C(F)(F)F)n2)n1. The Morgan fingerprint density at radius 2 is 1.71 bits per heavy atom. The van der Waals surface area contributed by atoms with Gasteiger partial charge < -0.3 is 15.4 Å². The molecule has 0 bridgehead atoms. The van der Waals surface area contributed by atoms with E-state index in [0.717, 1.165) is 20.2 Å². The Morgan fingerprint density at radius 1 is 1.00 bits per heavy atom. The van der Waals surface area contributed by atoms with Crippen molar-refractivity contribution in [1.29, 1.82) is 0 Å². The number of carbonyl (C=O) groups is 1. The summed E-state index contributed by atoms with van der Waals surface area (Å²) < 4.78 is 82.5. The molecule has 10 nitrogen and oxygen atoms in total. The average molecular weight is 502 g/mol. The molecule has 3 heterocycles. The van der Waals surface area contributed by atoms with Crippen LogP contribution >= 0.6 is 0 Å². The summed E-state index contributed by atoms with van der Waals surface area (Å²) in [4.78, 5) is 30.5. The molecule has 3 N–H and O–H groups in total. The highest BCUT2D eigenvalue weighted by atomic mass is 19.4. The van der Waals surface area contributed by atoms with Gasteiger partial charge in [-0.3, -0.25) is 10.3 Å². The summed E-state index contributed by atoms with van der Waals surface area (Å²) in [7, 11) is 1.13. The summed E-state index contributed by atoms with van der Waals surface area (Å²) in [5, 5.41) is 6.87. The van der Waals surface area contributed by atoms with Gasteiger partial charge >= 0.3 is 18.4 Å². The number of amides is 1. The molecule has 0 saturated heterocycles. The van der Waals surface area contributed by atoms with Gasteiger partial charge in [0.15, 0.2) is 5.82 Å². The Hall–Kier alpha value is -4.24. The highest BCUT2D eigenvalue weighted by molar-refractivity contribution is 5.83. The second-order valence-electron chi connectivity index (χ2n) is 6.79. The van der Waals surface area contributed by atoms with Crippen molar-refractivity contribution in [1.82, 2.24) is 24.9 Å². The zero-order valence-corrected chi connectivity index (χ0v) is 17.9. The Kier molecular flexibility index (Phi) is 7.21. The van der Waals surface area contributed by atoms with Crippen molar-refractivity contribution in [2.24, 2.45) is 0 Å². The molecule has 16 heteroatoms. The number of hydrogen-bond donors (Lipinski definition) is 3. The molecule has 3 aromatic heterocycles. The maximum absolute atomic E-state index is 13.0. The van der Waals surface area contributed by atoms with Crippen LogP contribution in [0.3, 0.4) is 0 Å². The molecular formula is C19H16F6N8O2. The molecule has 0 aliphatic heterocycles. The van der Waals surface area contributed by atoms with Crippen molar-refractivity contribution >= 4 is 29.5 Å². The van der Waals surface area contributed by atoms with Crippen LogP contribution in [0, 0.1) is 0 Å². The Balaban J connectivity index is 2.01. The number of methoxy groups -OCH3 is 1. The van der Waals surface area contributed by atoms with Crippen LogP contribution in [0.25, 0.3) is 11.5 Å². The Bertz CT molecular complexity index is 1200. The standard InChI is InChI=1S/C19H16F6N8O2/c1-9(18(20,21)22)27-15-31-14(11-4-3-5-13(29-11)30-17(34)35-2)32-16(33-15)28-10-6-7-26-12(8-10)19(23,24)25/h3-9H,1-2H3,(H,29,30,34)(H2,26,27,28,31,32,33). The third-order valence-electron chi connectivity index (χ3n) is 4.17. The van der Waals surface area contributed by atoms with E-state index < -0.39 is 36.1 Å². The molecule has 186 valence electrons. The molecule has 1 unspecified atom stereocenters. The maximum Gasteiger partial charge on any atom is 0.433 e. The lowest BCUT2D eigenvalue weighted by Crippen LogP contribution is -2.34. The predicted octanol–water partition coefficient (Wildman–Crippen LogP) is 4.63. The minimum Gasteiger partial charge on any atom is -0.453 e. The first-order valence-corrected chi connectivity index (χ1v) is 9.57. The van der Waals surface area contributed by atoms with Gasteiger partial charge in [0, 0.05) is 11.9 Å². The van der Waals surface area contributed by atoms with Gasteiger partial charge in [0.25, 0.3) is 0 Å². The number of pyridine rings is 2. The summed E-state index contributed by atoms with van der Waals surface area (Å²) in [5.41, 5.74) is -1.32. The third kappa shape index (κ3) is 6.87. The highest BCUT2D eigenvalue weighted by Crippen LogP contribution is 2.30. The van der Waals surface area contributed by atoms with Gasteiger partial charge in [0.1, 0.15) is 23.2 Å². The smallest absolute Gasteiger partial charge is 0.433 e. The number of hydrogen-bond acceptors (Lipinski definition) is 9. The molecule has 1 amide bonds. The minimum absolute atomic E-state index is 0.0118. The first kappa shape index (κ1) is 25.4. The van der Waals surface area contributed by atoms with Gasteiger partial charge in [-0.05, 0) is 31.2 Å². The molecule has 35 heavy (non-hydrogen) atoms. The predicted molar refractivity (Wildman–Crippen MR) is 111 cm³/mol. The fraction of sp³-hybridized carbons (Fsp3) is 0.263. The fourth-order valence-electron chi connectivity index (χ4n) is 2.46. The molecule has 1 atom stereocenters. The van der Waals surface area contributed by atoms with Gasteiger partial charge in [-0.1, -0.05) is 6.07 Å². The lowest BCUT2D eigenvalue weighted by Gasteiger charge is -2.18. The zero-order valence-electron chi connectivity index (χ0n) is 17.9. The number of nitrogens with zero attached hydrogens (tertiary/aromatic N) is 5. The monoisotopic (exact) mass is 502 g/mol. The molecule has 0 aliphatic carbocycles. The van der Waals surface area contributed by atoms with E-state index >= 15 is 0 Å². The number of anilines is 4. The van der Waals surface area contributed by atoms with E-state index in [0.29, 0.717) is 6.07 Å². The lowest BCUT2D eigenvalue weighted by atomic mass is 10.3. The van der Waals surface area contributed by atoms with Crippen LogP contribution < -0.4 is 16.0 Å². The van der Waals surface area contributed by atoms with E-state index in [9.17, 15) is 31.1 Å². The van der Waals surface area contributed by atoms with Gasteiger partial charge in [-0.2, -0.15) is 41.3 Å². The van der Waals surface area contributed by atoms with Gasteiger partial charge in [0.2, 0.25) is 11.9 Å². The van der Waals surface area contributed by atoms with E-state index in [4.69, 9.17) is 0 Å². The van der Waals surface area contributed by atoms with E-state index in [1.54, 1.807) is 0 Å². The number of rotatable bonds is 6. The van der Waals surface area contributed by atoms with E-state index in [2.05, 4.69) is 45.6 Å². The second-order valence-corrected chi connectivity index (χ2v) is 6.79. The Morgan fingerprint density at radius 3 is 2.37 bits per heavy atom. The van der Waals surface area contributed by atoms with Crippen LogP contribution in [0.4, 0.5) is 54.5 Å². The molecule has 3 aromatic rings. The summed E-state index contributed by atoms with van der Waals surface area (Å²) >= 11 is 0. The highest BCUT2D eigenvalue weighted by Gasteiger charge is 2.36. The van der Waals surface area contributed by atoms with E-state index in [1.807, 2.05) is 0 Å². The summed E-state index contributed by atoms with van der Waals surface area (Å²) in [6.07, 6.45) is -9.31. The number of nitrogens with one attached hydrogen (secondary N) is 3. The zero-order chi connectivity index (χ0) is 25.8. The fourth-order valence-corrected chi connectivity index (χ4v) is 2.46. The van der Waals surface area contributed by atoms with Crippen LogP contribution in [0.2, 0.25) is 0 Å². The van der Waals surface area contributed by atoms with Crippen LogP contribution in [-0.2, 0) is 10.9 Å².